The van der Waals surface area contributed by atoms with E-state index in [1.165, 1.54) is 17.7 Å². The molecule has 1 fully saturated rings. The molecule has 208 valence electrons. The van der Waals surface area contributed by atoms with Gasteiger partial charge in [-0.2, -0.15) is 0 Å². The number of benzene rings is 2. The molecule has 1 atom stereocenters. The van der Waals surface area contributed by atoms with Crippen molar-refractivity contribution in [3.63, 3.8) is 0 Å². The average Bonchev–Trinajstić information content (AvgIpc) is 2.98. The molecule has 0 unspecified atom stereocenters. The molecule has 6 rings (SSSR count). The summed E-state index contributed by atoms with van der Waals surface area (Å²) in [4.78, 5) is 25.1. The van der Waals surface area contributed by atoms with E-state index < -0.39 is 0 Å². The topological polar surface area (TPSA) is 67.4 Å². The second kappa shape index (κ2) is 11.7. The molecule has 2 aromatic heterocycles. The summed E-state index contributed by atoms with van der Waals surface area (Å²) in [5.41, 5.74) is 9.04. The Balaban J connectivity index is 1.25. The Kier molecular flexibility index (Phi) is 7.72. The third-order valence-electron chi connectivity index (χ3n) is 7.90. The normalized spacial score (nSPS) is 17.3. The summed E-state index contributed by atoms with van der Waals surface area (Å²) in [6, 6.07) is 18.5. The summed E-state index contributed by atoms with van der Waals surface area (Å²) in [5.74, 6) is -0.158. The smallest absolute Gasteiger partial charge is 0.256 e. The molecule has 2 aliphatic rings. The minimum absolute atomic E-state index is 0.160. The van der Waals surface area contributed by atoms with E-state index in [1.807, 2.05) is 25.4 Å². The molecule has 2 aromatic carbocycles. The summed E-state index contributed by atoms with van der Waals surface area (Å²) in [6.07, 6.45) is 6.25. The molecule has 41 heavy (non-hydrogen) atoms. The number of allylic oxidation sites excluding steroid dienone is 1. The number of fused-ring (bicyclic) bond motifs is 1. The number of hydrogen-bond donors (Lipinski definition) is 1. The van der Waals surface area contributed by atoms with Gasteiger partial charge in [0.2, 0.25) is 0 Å². The fraction of sp³-hybridized carbons (Fsp3) is 0.265. The van der Waals surface area contributed by atoms with Crippen LogP contribution in [0.3, 0.4) is 0 Å². The van der Waals surface area contributed by atoms with Crippen molar-refractivity contribution in [1.82, 2.24) is 14.9 Å². The first kappa shape index (κ1) is 27.0. The van der Waals surface area contributed by atoms with Gasteiger partial charge in [-0.25, -0.2) is 4.39 Å². The molecule has 4 aromatic rings. The van der Waals surface area contributed by atoms with E-state index in [0.29, 0.717) is 28.4 Å². The van der Waals surface area contributed by atoms with Crippen molar-refractivity contribution in [1.29, 1.82) is 0 Å². The standard InChI is InChI=1S/C34H33FN4O2/c1-22-14-23(2)33(34(40)38-29-7-9-32(37-20-29)26-4-3-5-28(35)16-26)31-17-25(6-8-30(22)31)27-15-24(18-36-19-27)21-39-10-12-41-13-11-39/h3-9,15-20,22H,10-14,21H2,1-2H3,(H,38,40)/t22-/m1/s1. The van der Waals surface area contributed by atoms with Crippen LogP contribution in [0, 0.1) is 5.82 Å². The number of anilines is 1. The molecule has 0 bridgehead atoms. The number of amides is 1. The lowest BCUT2D eigenvalue weighted by molar-refractivity contribution is -0.111. The van der Waals surface area contributed by atoms with Crippen molar-refractivity contribution in [2.75, 3.05) is 31.6 Å². The minimum Gasteiger partial charge on any atom is -0.379 e. The molecule has 7 heteroatoms. The molecule has 0 radical (unpaired) electrons. The zero-order chi connectivity index (χ0) is 28.3. The fourth-order valence-electron chi connectivity index (χ4n) is 5.83. The van der Waals surface area contributed by atoms with Crippen molar-refractivity contribution >= 4 is 17.2 Å². The van der Waals surface area contributed by atoms with Gasteiger partial charge in [-0.3, -0.25) is 19.7 Å². The van der Waals surface area contributed by atoms with Gasteiger partial charge in [0.25, 0.3) is 5.91 Å². The summed E-state index contributed by atoms with van der Waals surface area (Å²) in [5, 5.41) is 3.04. The SMILES string of the molecule is CC1=C(C(=O)Nc2ccc(-c3cccc(F)c3)nc2)c2cc(-c3cncc(CN4CCOCC4)c3)ccc2[C@H](C)C1. The van der Waals surface area contributed by atoms with E-state index >= 15 is 0 Å². The highest BCUT2D eigenvalue weighted by Crippen LogP contribution is 2.40. The van der Waals surface area contributed by atoms with Crippen LogP contribution in [0.25, 0.3) is 28.0 Å². The van der Waals surface area contributed by atoms with Crippen molar-refractivity contribution in [2.45, 2.75) is 32.7 Å². The van der Waals surface area contributed by atoms with Gasteiger partial charge < -0.3 is 10.1 Å². The number of ether oxygens (including phenoxy) is 1. The van der Waals surface area contributed by atoms with Crippen LogP contribution < -0.4 is 5.32 Å². The Morgan fingerprint density at radius 3 is 2.63 bits per heavy atom. The Hall–Kier alpha value is -4.20. The van der Waals surface area contributed by atoms with Crippen LogP contribution in [0.15, 0.2) is 84.8 Å². The first-order valence-corrected chi connectivity index (χ1v) is 14.1. The van der Waals surface area contributed by atoms with Crippen LogP contribution >= 0.6 is 0 Å². The Morgan fingerprint density at radius 1 is 1.00 bits per heavy atom. The second-order valence-corrected chi connectivity index (χ2v) is 10.9. The third kappa shape index (κ3) is 5.97. The number of pyridine rings is 2. The number of morpholine rings is 1. The van der Waals surface area contributed by atoms with Gasteiger partial charge in [-0.05, 0) is 77.9 Å². The van der Waals surface area contributed by atoms with Crippen LogP contribution in [0.2, 0.25) is 0 Å². The average molecular weight is 549 g/mol. The zero-order valence-corrected chi connectivity index (χ0v) is 23.4. The van der Waals surface area contributed by atoms with Crippen LogP contribution in [0.4, 0.5) is 10.1 Å². The number of halogens is 1. The van der Waals surface area contributed by atoms with Crippen LogP contribution in [0.5, 0.6) is 0 Å². The number of nitrogens with zero attached hydrogens (tertiary/aromatic N) is 3. The number of carbonyl (C=O) groups excluding carboxylic acids is 1. The van der Waals surface area contributed by atoms with Gasteiger partial charge >= 0.3 is 0 Å². The Morgan fingerprint density at radius 2 is 1.85 bits per heavy atom. The zero-order valence-electron chi connectivity index (χ0n) is 23.4. The maximum atomic E-state index is 13.7. The lowest BCUT2D eigenvalue weighted by atomic mass is 9.78. The molecule has 1 N–H and O–H groups in total. The van der Waals surface area contributed by atoms with Gasteiger partial charge in [-0.1, -0.05) is 36.8 Å². The van der Waals surface area contributed by atoms with Crippen LogP contribution in [-0.2, 0) is 16.1 Å². The van der Waals surface area contributed by atoms with Crippen molar-refractivity contribution in [2.24, 2.45) is 0 Å². The number of rotatable bonds is 6. The summed E-state index contributed by atoms with van der Waals surface area (Å²) in [6.45, 7) is 8.46. The van der Waals surface area contributed by atoms with Crippen LogP contribution in [0.1, 0.15) is 42.9 Å². The highest BCUT2D eigenvalue weighted by atomic mass is 19.1. The molecule has 1 aliphatic heterocycles. The van der Waals surface area contributed by atoms with Gasteiger partial charge in [0.05, 0.1) is 30.8 Å². The summed E-state index contributed by atoms with van der Waals surface area (Å²) >= 11 is 0. The maximum Gasteiger partial charge on any atom is 0.256 e. The Bertz CT molecular complexity index is 1610. The predicted octanol–water partition coefficient (Wildman–Crippen LogP) is 6.70. The van der Waals surface area contributed by atoms with Crippen LogP contribution in [-0.4, -0.2) is 47.1 Å². The third-order valence-corrected chi connectivity index (χ3v) is 7.90. The number of nitrogens with one attached hydrogen (secondary N) is 1. The number of hydrogen-bond acceptors (Lipinski definition) is 5. The Labute approximate surface area is 239 Å². The molecule has 1 aliphatic carbocycles. The van der Waals surface area contributed by atoms with Gasteiger partial charge in [0.15, 0.2) is 0 Å². The molecule has 0 saturated carbocycles. The molecule has 0 spiro atoms. The number of carbonyl (C=O) groups is 1. The fourth-order valence-corrected chi connectivity index (χ4v) is 5.83. The quantitative estimate of drug-likeness (QED) is 0.290. The molecule has 1 amide bonds. The maximum absolute atomic E-state index is 13.7. The molecule has 3 heterocycles. The second-order valence-electron chi connectivity index (χ2n) is 10.9. The van der Waals surface area contributed by atoms with Gasteiger partial charge in [-0.15, -0.1) is 0 Å². The largest absolute Gasteiger partial charge is 0.379 e. The number of aromatic nitrogens is 2. The molecular formula is C34H33FN4O2. The highest BCUT2D eigenvalue weighted by Gasteiger charge is 2.27. The monoisotopic (exact) mass is 548 g/mol. The van der Waals surface area contributed by atoms with Crippen molar-refractivity contribution < 1.29 is 13.9 Å². The lowest BCUT2D eigenvalue weighted by Crippen LogP contribution is -2.35. The molecular weight excluding hydrogens is 515 g/mol. The summed E-state index contributed by atoms with van der Waals surface area (Å²) < 4.78 is 19.1. The van der Waals surface area contributed by atoms with E-state index in [0.717, 1.165) is 67.1 Å². The summed E-state index contributed by atoms with van der Waals surface area (Å²) in [7, 11) is 0. The first-order valence-electron chi connectivity index (χ1n) is 14.1. The van der Waals surface area contributed by atoms with Gasteiger partial charge in [0.1, 0.15) is 5.82 Å². The van der Waals surface area contributed by atoms with Crippen molar-refractivity contribution in [3.8, 4) is 22.4 Å². The van der Waals surface area contributed by atoms with E-state index in [1.54, 1.807) is 24.4 Å². The molecule has 6 nitrogen and oxygen atoms in total. The van der Waals surface area contributed by atoms with Gasteiger partial charge in [0, 0.05) is 48.7 Å². The minimum atomic E-state index is -0.312. The lowest BCUT2D eigenvalue weighted by Gasteiger charge is -2.27. The van der Waals surface area contributed by atoms with E-state index in [-0.39, 0.29) is 11.7 Å². The molecule has 1 saturated heterocycles. The van der Waals surface area contributed by atoms with E-state index in [4.69, 9.17) is 4.74 Å². The van der Waals surface area contributed by atoms with E-state index in [2.05, 4.69) is 51.4 Å². The van der Waals surface area contributed by atoms with Crippen molar-refractivity contribution in [3.05, 3.63) is 107 Å². The first-order chi connectivity index (χ1) is 19.9. The van der Waals surface area contributed by atoms with E-state index in [9.17, 15) is 9.18 Å². The predicted molar refractivity (Wildman–Crippen MR) is 160 cm³/mol. The highest BCUT2D eigenvalue weighted by molar-refractivity contribution is 6.26.